The summed E-state index contributed by atoms with van der Waals surface area (Å²) in [4.78, 5) is 14.2. The number of rotatable bonds is 6. The van der Waals surface area contributed by atoms with Gasteiger partial charge < -0.3 is 5.11 Å². The Labute approximate surface area is 90.2 Å². The summed E-state index contributed by atoms with van der Waals surface area (Å²) in [6.07, 6.45) is 0. The van der Waals surface area contributed by atoms with E-state index in [1.807, 2.05) is 5.38 Å². The van der Waals surface area contributed by atoms with E-state index in [2.05, 4.69) is 15.3 Å². The molecule has 0 amide bonds. The average molecular weight is 226 g/mol. The summed E-state index contributed by atoms with van der Waals surface area (Å²) in [5.74, 6) is -0.932. The van der Waals surface area contributed by atoms with Crippen molar-refractivity contribution < 1.29 is 9.90 Å². The molecule has 0 spiro atoms. The van der Waals surface area contributed by atoms with Crippen LogP contribution in [0.1, 0.15) is 10.9 Å². The summed E-state index contributed by atoms with van der Waals surface area (Å²) in [6.45, 7) is 0.588. The lowest BCUT2D eigenvalue weighted by molar-refractivity contribution is -0.139. The number of thiophene rings is 1. The van der Waals surface area contributed by atoms with Gasteiger partial charge in [0.15, 0.2) is 0 Å². The van der Waals surface area contributed by atoms with Gasteiger partial charge in [0.25, 0.3) is 0 Å². The van der Waals surface area contributed by atoms with E-state index in [0.29, 0.717) is 6.54 Å². The van der Waals surface area contributed by atoms with Gasteiger partial charge in [-0.25, -0.2) is 0 Å². The number of carboxylic acids is 1. The van der Waals surface area contributed by atoms with Crippen LogP contribution in [-0.4, -0.2) is 24.2 Å². The van der Waals surface area contributed by atoms with Gasteiger partial charge in [0.05, 0.1) is 0 Å². The number of hydrogen-bond acceptors (Lipinski definition) is 4. The van der Waals surface area contributed by atoms with Crippen LogP contribution < -0.4 is 5.32 Å². The highest BCUT2D eigenvalue weighted by molar-refractivity contribution is 7.10. The maximum atomic E-state index is 10.9. The molecule has 0 bridgehead atoms. The van der Waals surface area contributed by atoms with Crippen LogP contribution in [0.4, 0.5) is 0 Å². The zero-order valence-electron chi connectivity index (χ0n) is 7.83. The maximum Gasteiger partial charge on any atom is 0.326 e. The first-order chi connectivity index (χ1) is 7.25. The van der Waals surface area contributed by atoms with Crippen LogP contribution in [0.25, 0.3) is 10.4 Å². The predicted molar refractivity (Wildman–Crippen MR) is 56.7 cm³/mol. The van der Waals surface area contributed by atoms with Crippen LogP contribution in [0, 0.1) is 0 Å². The van der Waals surface area contributed by atoms with Crippen molar-refractivity contribution in [2.24, 2.45) is 5.11 Å². The minimum atomic E-state index is -0.932. The first-order valence-electron chi connectivity index (χ1n) is 4.26. The molecular weight excluding hydrogens is 216 g/mol. The number of carbonyl (C=O) groups is 1. The minimum Gasteiger partial charge on any atom is -0.480 e. The maximum absolute atomic E-state index is 10.9. The average Bonchev–Trinajstić information content (AvgIpc) is 2.70. The molecule has 0 saturated heterocycles. The molecule has 2 N–H and O–H groups in total. The van der Waals surface area contributed by atoms with Gasteiger partial charge in [-0.15, -0.1) is 11.3 Å². The second-order valence-electron chi connectivity index (χ2n) is 2.70. The van der Waals surface area contributed by atoms with Gasteiger partial charge in [0, 0.05) is 22.9 Å². The van der Waals surface area contributed by atoms with E-state index in [4.69, 9.17) is 10.6 Å². The Morgan fingerprint density at radius 2 is 2.60 bits per heavy atom. The molecule has 0 saturated carbocycles. The Balaban J connectivity index is 2.52. The third-order valence-corrected chi connectivity index (χ3v) is 2.64. The molecule has 1 atom stereocenters. The summed E-state index contributed by atoms with van der Waals surface area (Å²) >= 11 is 1.38. The number of nitrogens with one attached hydrogen (secondary N) is 1. The molecule has 0 aliphatic carbocycles. The predicted octanol–water partition coefficient (Wildman–Crippen LogP) is 1.77. The molecule has 1 heterocycles. The van der Waals surface area contributed by atoms with Gasteiger partial charge >= 0.3 is 5.97 Å². The third-order valence-electron chi connectivity index (χ3n) is 1.70. The standard InChI is InChI=1S/C8H10N4O2S/c9-12-11-4-3-10-7(8(13)14)6-2-1-5-15-6/h1-2,5,7,10H,3-4H2,(H,13,14). The fourth-order valence-corrected chi connectivity index (χ4v) is 1.86. The molecule has 15 heavy (non-hydrogen) atoms. The monoisotopic (exact) mass is 226 g/mol. The molecular formula is C8H10N4O2S. The van der Waals surface area contributed by atoms with Crippen molar-refractivity contribution in [3.8, 4) is 0 Å². The SMILES string of the molecule is [N-]=[N+]=NCCNC(C(=O)O)c1cccs1. The molecule has 0 aliphatic heterocycles. The summed E-state index contributed by atoms with van der Waals surface area (Å²) in [5, 5.41) is 16.9. The van der Waals surface area contributed by atoms with Crippen molar-refractivity contribution in [1.29, 1.82) is 0 Å². The van der Waals surface area contributed by atoms with Crippen LogP contribution in [0.5, 0.6) is 0 Å². The first-order valence-corrected chi connectivity index (χ1v) is 5.14. The van der Waals surface area contributed by atoms with E-state index in [1.54, 1.807) is 12.1 Å². The molecule has 7 heteroatoms. The highest BCUT2D eigenvalue weighted by Crippen LogP contribution is 2.18. The summed E-state index contributed by atoms with van der Waals surface area (Å²) < 4.78 is 0. The third kappa shape index (κ3) is 3.59. The van der Waals surface area contributed by atoms with Crippen LogP contribution >= 0.6 is 11.3 Å². The quantitative estimate of drug-likeness (QED) is 0.334. The van der Waals surface area contributed by atoms with E-state index in [-0.39, 0.29) is 6.54 Å². The van der Waals surface area contributed by atoms with Crippen molar-refractivity contribution in [3.05, 3.63) is 32.8 Å². The number of aliphatic carboxylic acids is 1. The smallest absolute Gasteiger partial charge is 0.326 e. The highest BCUT2D eigenvalue weighted by Gasteiger charge is 2.19. The number of hydrogen-bond donors (Lipinski definition) is 2. The Bertz CT molecular complexity index is 359. The van der Waals surface area contributed by atoms with E-state index in [1.165, 1.54) is 11.3 Å². The Morgan fingerprint density at radius 3 is 3.13 bits per heavy atom. The fourth-order valence-electron chi connectivity index (χ4n) is 1.07. The number of azide groups is 1. The first kappa shape index (κ1) is 11.5. The molecule has 1 aromatic rings. The molecule has 0 radical (unpaired) electrons. The zero-order chi connectivity index (χ0) is 11.1. The lowest BCUT2D eigenvalue weighted by Gasteiger charge is -2.11. The van der Waals surface area contributed by atoms with E-state index >= 15 is 0 Å². The molecule has 0 aliphatic rings. The van der Waals surface area contributed by atoms with Gasteiger partial charge in [0.2, 0.25) is 0 Å². The molecule has 6 nitrogen and oxygen atoms in total. The van der Waals surface area contributed by atoms with Crippen molar-refractivity contribution in [1.82, 2.24) is 5.32 Å². The van der Waals surface area contributed by atoms with Crippen LogP contribution in [-0.2, 0) is 4.79 Å². The second-order valence-corrected chi connectivity index (χ2v) is 3.67. The topological polar surface area (TPSA) is 98.1 Å². The lowest BCUT2D eigenvalue weighted by Crippen LogP contribution is -2.29. The van der Waals surface area contributed by atoms with Crippen molar-refractivity contribution in [2.75, 3.05) is 13.1 Å². The molecule has 80 valence electrons. The number of nitrogens with zero attached hydrogens (tertiary/aromatic N) is 3. The molecule has 1 rings (SSSR count). The van der Waals surface area contributed by atoms with E-state index in [9.17, 15) is 4.79 Å². The normalized spacial score (nSPS) is 11.7. The van der Waals surface area contributed by atoms with Gasteiger partial charge in [0.1, 0.15) is 6.04 Å². The minimum absolute atomic E-state index is 0.242. The van der Waals surface area contributed by atoms with Gasteiger partial charge in [-0.2, -0.15) is 0 Å². The largest absolute Gasteiger partial charge is 0.480 e. The second kappa shape index (κ2) is 6.02. The molecule has 1 unspecified atom stereocenters. The van der Waals surface area contributed by atoms with Crippen molar-refractivity contribution in [2.45, 2.75) is 6.04 Å². The number of carboxylic acid groups (broad SMARTS) is 1. The van der Waals surface area contributed by atoms with E-state index in [0.717, 1.165) is 4.88 Å². The van der Waals surface area contributed by atoms with Crippen LogP contribution in [0.3, 0.4) is 0 Å². The van der Waals surface area contributed by atoms with Crippen molar-refractivity contribution in [3.63, 3.8) is 0 Å². The van der Waals surface area contributed by atoms with Gasteiger partial charge in [-0.1, -0.05) is 11.2 Å². The molecule has 1 aromatic heterocycles. The Hall–Kier alpha value is -1.56. The van der Waals surface area contributed by atoms with Gasteiger partial charge in [-0.05, 0) is 17.0 Å². The summed E-state index contributed by atoms with van der Waals surface area (Å²) in [7, 11) is 0. The summed E-state index contributed by atoms with van der Waals surface area (Å²) in [5.41, 5.74) is 8.04. The van der Waals surface area contributed by atoms with Crippen molar-refractivity contribution >= 4 is 17.3 Å². The van der Waals surface area contributed by atoms with Crippen LogP contribution in [0.15, 0.2) is 22.6 Å². The molecule has 0 fully saturated rings. The van der Waals surface area contributed by atoms with Gasteiger partial charge in [-0.3, -0.25) is 10.1 Å². The Morgan fingerprint density at radius 1 is 1.80 bits per heavy atom. The lowest BCUT2D eigenvalue weighted by atomic mass is 10.2. The highest BCUT2D eigenvalue weighted by atomic mass is 32.1. The summed E-state index contributed by atoms with van der Waals surface area (Å²) in [6, 6.07) is 2.83. The van der Waals surface area contributed by atoms with E-state index < -0.39 is 12.0 Å². The Kier molecular flexibility index (Phi) is 4.62. The van der Waals surface area contributed by atoms with Crippen LogP contribution in [0.2, 0.25) is 0 Å². The molecule has 0 aromatic carbocycles. The fraction of sp³-hybridized carbons (Fsp3) is 0.375. The zero-order valence-corrected chi connectivity index (χ0v) is 8.65.